The molecule has 0 radical (unpaired) electrons. The summed E-state index contributed by atoms with van der Waals surface area (Å²) in [5.74, 6) is 0.895. The summed E-state index contributed by atoms with van der Waals surface area (Å²) in [4.78, 5) is 4.64. The van der Waals surface area contributed by atoms with Crippen LogP contribution >= 0.6 is 0 Å². The van der Waals surface area contributed by atoms with Crippen LogP contribution in [0.5, 0.6) is 5.75 Å². The summed E-state index contributed by atoms with van der Waals surface area (Å²) in [6, 6.07) is 14.2. The van der Waals surface area contributed by atoms with E-state index in [0.717, 1.165) is 22.7 Å². The van der Waals surface area contributed by atoms with Crippen LogP contribution < -0.4 is 4.74 Å². The number of hydrogen-bond donors (Lipinski definition) is 0. The third-order valence-electron chi connectivity index (χ3n) is 3.16. The van der Waals surface area contributed by atoms with E-state index in [1.165, 1.54) is 5.69 Å². The summed E-state index contributed by atoms with van der Waals surface area (Å²) in [6.45, 7) is 4.75. The molecule has 3 heteroatoms. The zero-order valence-corrected chi connectivity index (χ0v) is 11.1. The van der Waals surface area contributed by atoms with Crippen LogP contribution in [0, 0.1) is 6.92 Å². The molecule has 19 heavy (non-hydrogen) atoms. The number of ether oxygens (including phenoxy) is 1. The lowest BCUT2D eigenvalue weighted by molar-refractivity contribution is 0.340. The first kappa shape index (κ1) is 11.8. The molecule has 3 rings (SSSR count). The van der Waals surface area contributed by atoms with Crippen LogP contribution in [0.25, 0.3) is 16.9 Å². The van der Waals surface area contributed by atoms with Gasteiger partial charge in [0.25, 0.3) is 0 Å². The smallest absolute Gasteiger partial charge is 0.137 e. The quantitative estimate of drug-likeness (QED) is 0.710. The predicted molar refractivity (Wildman–Crippen MR) is 76.5 cm³/mol. The number of aryl methyl sites for hydroxylation is 1. The standard InChI is InChI=1S/C16H16N2O/c1-3-19-14-9-7-13(8-10-14)15-11-18-12(2)5-4-6-16(18)17-15/h4-11H,3H2,1-2H3. The summed E-state index contributed by atoms with van der Waals surface area (Å²) in [5.41, 5.74) is 4.25. The number of rotatable bonds is 3. The van der Waals surface area contributed by atoms with Crippen LogP contribution in [0.2, 0.25) is 0 Å². The topological polar surface area (TPSA) is 26.5 Å². The summed E-state index contributed by atoms with van der Waals surface area (Å²) in [5, 5.41) is 0. The van der Waals surface area contributed by atoms with E-state index in [-0.39, 0.29) is 0 Å². The van der Waals surface area contributed by atoms with Crippen molar-refractivity contribution in [2.24, 2.45) is 0 Å². The number of benzene rings is 1. The number of imidazole rings is 1. The molecule has 2 aromatic heterocycles. The van der Waals surface area contributed by atoms with Crippen molar-refractivity contribution < 1.29 is 4.74 Å². The second-order valence-corrected chi connectivity index (χ2v) is 4.48. The van der Waals surface area contributed by atoms with Gasteiger partial charge in [0.2, 0.25) is 0 Å². The maximum atomic E-state index is 5.45. The molecule has 0 unspecified atom stereocenters. The third kappa shape index (κ3) is 2.19. The highest BCUT2D eigenvalue weighted by Gasteiger charge is 2.05. The highest BCUT2D eigenvalue weighted by Crippen LogP contribution is 2.22. The van der Waals surface area contributed by atoms with Gasteiger partial charge in [-0.05, 0) is 50.2 Å². The Balaban J connectivity index is 2.01. The summed E-state index contributed by atoms with van der Waals surface area (Å²) in [7, 11) is 0. The molecule has 0 fully saturated rings. The predicted octanol–water partition coefficient (Wildman–Crippen LogP) is 3.71. The largest absolute Gasteiger partial charge is 0.494 e. The molecule has 0 atom stereocenters. The Bertz CT molecular complexity index is 698. The van der Waals surface area contributed by atoms with E-state index in [0.29, 0.717) is 6.61 Å². The molecule has 0 aliphatic rings. The first-order valence-corrected chi connectivity index (χ1v) is 6.46. The van der Waals surface area contributed by atoms with Crippen LogP contribution in [0.1, 0.15) is 12.6 Å². The number of aromatic nitrogens is 2. The average molecular weight is 252 g/mol. The molecule has 0 saturated carbocycles. The highest BCUT2D eigenvalue weighted by molar-refractivity contribution is 5.63. The van der Waals surface area contributed by atoms with E-state index in [1.807, 2.05) is 43.3 Å². The average Bonchev–Trinajstić information content (AvgIpc) is 2.85. The molecule has 0 spiro atoms. The van der Waals surface area contributed by atoms with Crippen molar-refractivity contribution in [1.29, 1.82) is 0 Å². The summed E-state index contributed by atoms with van der Waals surface area (Å²) < 4.78 is 7.55. The monoisotopic (exact) mass is 252 g/mol. The molecular weight excluding hydrogens is 236 g/mol. The van der Waals surface area contributed by atoms with E-state index in [2.05, 4.69) is 28.6 Å². The minimum Gasteiger partial charge on any atom is -0.494 e. The number of nitrogens with zero attached hydrogens (tertiary/aromatic N) is 2. The Morgan fingerprint density at radius 1 is 1.11 bits per heavy atom. The van der Waals surface area contributed by atoms with Crippen LogP contribution in [0.15, 0.2) is 48.7 Å². The van der Waals surface area contributed by atoms with Crippen LogP contribution in [0.4, 0.5) is 0 Å². The highest BCUT2D eigenvalue weighted by atomic mass is 16.5. The van der Waals surface area contributed by atoms with Crippen LogP contribution in [-0.4, -0.2) is 16.0 Å². The van der Waals surface area contributed by atoms with Gasteiger partial charge < -0.3 is 9.14 Å². The van der Waals surface area contributed by atoms with Gasteiger partial charge in [-0.15, -0.1) is 0 Å². The second-order valence-electron chi connectivity index (χ2n) is 4.48. The maximum absolute atomic E-state index is 5.45. The SMILES string of the molecule is CCOc1ccc(-c2cn3c(C)cccc3n2)cc1. The molecule has 3 nitrogen and oxygen atoms in total. The van der Waals surface area contributed by atoms with Gasteiger partial charge in [0.1, 0.15) is 11.4 Å². The lowest BCUT2D eigenvalue weighted by Crippen LogP contribution is -1.90. The molecule has 3 aromatic rings. The van der Waals surface area contributed by atoms with Crippen molar-refractivity contribution in [3.05, 3.63) is 54.4 Å². The molecule has 0 saturated heterocycles. The fourth-order valence-corrected chi connectivity index (χ4v) is 2.18. The molecule has 1 aromatic carbocycles. The minimum absolute atomic E-state index is 0.687. The molecule has 0 aliphatic heterocycles. The zero-order chi connectivity index (χ0) is 13.2. The van der Waals surface area contributed by atoms with Crippen molar-refractivity contribution in [1.82, 2.24) is 9.38 Å². The van der Waals surface area contributed by atoms with Crippen molar-refractivity contribution in [2.75, 3.05) is 6.61 Å². The first-order valence-electron chi connectivity index (χ1n) is 6.46. The van der Waals surface area contributed by atoms with Gasteiger partial charge in [0.15, 0.2) is 0 Å². The van der Waals surface area contributed by atoms with Crippen molar-refractivity contribution in [3.8, 4) is 17.0 Å². The van der Waals surface area contributed by atoms with Crippen LogP contribution in [-0.2, 0) is 0 Å². The first-order chi connectivity index (χ1) is 9.28. The number of fused-ring (bicyclic) bond motifs is 1. The van der Waals surface area contributed by atoms with Crippen LogP contribution in [0.3, 0.4) is 0 Å². The van der Waals surface area contributed by atoms with Gasteiger partial charge in [0.05, 0.1) is 12.3 Å². The fourth-order valence-electron chi connectivity index (χ4n) is 2.18. The van der Waals surface area contributed by atoms with Gasteiger partial charge in [-0.3, -0.25) is 0 Å². The molecule has 2 heterocycles. The lowest BCUT2D eigenvalue weighted by Gasteiger charge is -2.02. The van der Waals surface area contributed by atoms with Gasteiger partial charge in [0, 0.05) is 17.5 Å². The van der Waals surface area contributed by atoms with Gasteiger partial charge in [-0.2, -0.15) is 0 Å². The molecular formula is C16H16N2O. The maximum Gasteiger partial charge on any atom is 0.137 e. The van der Waals surface area contributed by atoms with Gasteiger partial charge in [-0.1, -0.05) is 6.07 Å². The van der Waals surface area contributed by atoms with Crippen molar-refractivity contribution in [2.45, 2.75) is 13.8 Å². The zero-order valence-electron chi connectivity index (χ0n) is 11.1. The fraction of sp³-hybridized carbons (Fsp3) is 0.188. The number of hydrogen-bond acceptors (Lipinski definition) is 2. The summed E-state index contributed by atoms with van der Waals surface area (Å²) >= 11 is 0. The second kappa shape index (κ2) is 4.76. The van der Waals surface area contributed by atoms with Gasteiger partial charge >= 0.3 is 0 Å². The number of pyridine rings is 1. The van der Waals surface area contributed by atoms with Crippen molar-refractivity contribution in [3.63, 3.8) is 0 Å². The Kier molecular flexibility index (Phi) is 2.95. The van der Waals surface area contributed by atoms with Gasteiger partial charge in [-0.25, -0.2) is 4.98 Å². The molecule has 0 aliphatic carbocycles. The summed E-state index contributed by atoms with van der Waals surface area (Å²) in [6.07, 6.45) is 2.07. The van der Waals surface area contributed by atoms with E-state index in [4.69, 9.17) is 4.74 Å². The normalized spacial score (nSPS) is 10.8. The Hall–Kier alpha value is -2.29. The lowest BCUT2D eigenvalue weighted by atomic mass is 10.2. The van der Waals surface area contributed by atoms with E-state index in [9.17, 15) is 0 Å². The Morgan fingerprint density at radius 3 is 2.58 bits per heavy atom. The minimum atomic E-state index is 0.687. The molecule has 0 amide bonds. The van der Waals surface area contributed by atoms with E-state index >= 15 is 0 Å². The Labute approximate surface area is 112 Å². The molecule has 96 valence electrons. The molecule has 0 N–H and O–H groups in total. The Morgan fingerprint density at radius 2 is 1.89 bits per heavy atom. The third-order valence-corrected chi connectivity index (χ3v) is 3.16. The van der Waals surface area contributed by atoms with Crippen molar-refractivity contribution >= 4 is 5.65 Å². The molecule has 0 bridgehead atoms. The van der Waals surface area contributed by atoms with E-state index < -0.39 is 0 Å². The van der Waals surface area contributed by atoms with E-state index in [1.54, 1.807) is 0 Å².